The van der Waals surface area contributed by atoms with Gasteiger partial charge >= 0.3 is 0 Å². The number of hydrogen-bond donors (Lipinski definition) is 1. The van der Waals surface area contributed by atoms with Gasteiger partial charge in [0, 0.05) is 6.07 Å². The second-order valence-electron chi connectivity index (χ2n) is 4.63. The van der Waals surface area contributed by atoms with Gasteiger partial charge in [0.25, 0.3) is 0 Å². The van der Waals surface area contributed by atoms with E-state index in [0.717, 1.165) is 43.4 Å². The molecule has 0 unspecified atom stereocenters. The van der Waals surface area contributed by atoms with Crippen LogP contribution in [0.4, 0.5) is 0 Å². The van der Waals surface area contributed by atoms with Crippen molar-refractivity contribution in [3.05, 3.63) is 18.2 Å². The Labute approximate surface area is 115 Å². The summed E-state index contributed by atoms with van der Waals surface area (Å²) in [5.41, 5.74) is 0. The predicted octanol–water partition coefficient (Wildman–Crippen LogP) is 2.96. The number of nitrogens with one attached hydrogen (secondary N) is 1. The molecule has 0 aliphatic carbocycles. The fourth-order valence-corrected chi connectivity index (χ4v) is 2.04. The first-order chi connectivity index (χ1) is 9.40. The molecule has 0 aromatic heterocycles. The van der Waals surface area contributed by atoms with Crippen molar-refractivity contribution in [3.8, 4) is 17.2 Å². The minimum absolute atomic E-state index is 0.310. The molecule has 1 aromatic carbocycles. The summed E-state index contributed by atoms with van der Waals surface area (Å²) >= 11 is 0. The highest BCUT2D eigenvalue weighted by molar-refractivity contribution is 5.46. The van der Waals surface area contributed by atoms with E-state index in [1.165, 1.54) is 19.3 Å². The van der Waals surface area contributed by atoms with Gasteiger partial charge in [0.15, 0.2) is 11.5 Å². The maximum atomic E-state index is 5.71. The number of rotatable bonds is 9. The van der Waals surface area contributed by atoms with Crippen LogP contribution < -0.4 is 19.5 Å². The molecule has 0 bridgehead atoms. The lowest BCUT2D eigenvalue weighted by Gasteiger charge is -2.07. The van der Waals surface area contributed by atoms with Gasteiger partial charge < -0.3 is 19.5 Å². The standard InChI is InChI=1S/C15H23NO3/c1-2-16-9-5-3-4-6-10-17-13-7-8-14-15(11-13)19-12-18-14/h7-8,11,16H,2-6,9-10,12H2,1H3. The Morgan fingerprint density at radius 1 is 1.11 bits per heavy atom. The number of benzene rings is 1. The van der Waals surface area contributed by atoms with Crippen molar-refractivity contribution in [1.82, 2.24) is 5.32 Å². The zero-order valence-corrected chi connectivity index (χ0v) is 11.6. The van der Waals surface area contributed by atoms with Crippen LogP contribution in [0.15, 0.2) is 18.2 Å². The Hall–Kier alpha value is -1.42. The minimum Gasteiger partial charge on any atom is -0.493 e. The molecule has 4 nitrogen and oxygen atoms in total. The lowest BCUT2D eigenvalue weighted by molar-refractivity contribution is 0.173. The zero-order chi connectivity index (χ0) is 13.3. The van der Waals surface area contributed by atoms with Crippen molar-refractivity contribution in [3.63, 3.8) is 0 Å². The molecule has 1 aliphatic rings. The first-order valence-corrected chi connectivity index (χ1v) is 7.13. The van der Waals surface area contributed by atoms with Crippen LogP contribution in [-0.4, -0.2) is 26.5 Å². The van der Waals surface area contributed by atoms with Crippen molar-refractivity contribution in [2.45, 2.75) is 32.6 Å². The third-order valence-corrected chi connectivity index (χ3v) is 3.11. The van der Waals surface area contributed by atoms with Crippen molar-refractivity contribution in [2.24, 2.45) is 0 Å². The van der Waals surface area contributed by atoms with E-state index in [1.54, 1.807) is 0 Å². The highest BCUT2D eigenvalue weighted by Crippen LogP contribution is 2.35. The molecular formula is C15H23NO3. The van der Waals surface area contributed by atoms with Gasteiger partial charge in [-0.3, -0.25) is 0 Å². The Balaban J connectivity index is 1.56. The summed E-state index contributed by atoms with van der Waals surface area (Å²) < 4.78 is 16.3. The Bertz CT molecular complexity index is 382. The smallest absolute Gasteiger partial charge is 0.231 e. The molecule has 1 heterocycles. The molecule has 1 N–H and O–H groups in total. The van der Waals surface area contributed by atoms with Crippen LogP contribution in [-0.2, 0) is 0 Å². The average Bonchev–Trinajstić information content (AvgIpc) is 2.89. The molecule has 1 aromatic rings. The fourth-order valence-electron chi connectivity index (χ4n) is 2.04. The van der Waals surface area contributed by atoms with E-state index in [-0.39, 0.29) is 0 Å². The summed E-state index contributed by atoms with van der Waals surface area (Å²) in [6.45, 7) is 5.40. The summed E-state index contributed by atoms with van der Waals surface area (Å²) in [6, 6.07) is 5.72. The van der Waals surface area contributed by atoms with Gasteiger partial charge in [0.05, 0.1) is 6.61 Å². The summed E-state index contributed by atoms with van der Waals surface area (Å²) in [5.74, 6) is 2.44. The highest BCUT2D eigenvalue weighted by atomic mass is 16.7. The van der Waals surface area contributed by atoms with Crippen molar-refractivity contribution >= 4 is 0 Å². The predicted molar refractivity (Wildman–Crippen MR) is 75.1 cm³/mol. The Morgan fingerprint density at radius 3 is 2.84 bits per heavy atom. The SMILES string of the molecule is CCNCCCCCCOc1ccc2c(c1)OCO2. The zero-order valence-electron chi connectivity index (χ0n) is 11.6. The molecule has 19 heavy (non-hydrogen) atoms. The van der Waals surface area contributed by atoms with Crippen LogP contribution in [0.2, 0.25) is 0 Å². The fraction of sp³-hybridized carbons (Fsp3) is 0.600. The van der Waals surface area contributed by atoms with Gasteiger partial charge in [-0.2, -0.15) is 0 Å². The number of fused-ring (bicyclic) bond motifs is 1. The van der Waals surface area contributed by atoms with Gasteiger partial charge in [-0.1, -0.05) is 19.8 Å². The van der Waals surface area contributed by atoms with Gasteiger partial charge in [-0.25, -0.2) is 0 Å². The quantitative estimate of drug-likeness (QED) is 0.697. The molecule has 0 radical (unpaired) electrons. The van der Waals surface area contributed by atoms with Crippen LogP contribution in [0.1, 0.15) is 32.6 Å². The van der Waals surface area contributed by atoms with Crippen LogP contribution in [0.25, 0.3) is 0 Å². The molecule has 0 saturated carbocycles. The maximum Gasteiger partial charge on any atom is 0.231 e. The third kappa shape index (κ3) is 4.63. The lowest BCUT2D eigenvalue weighted by atomic mass is 10.2. The van der Waals surface area contributed by atoms with Gasteiger partial charge in [-0.05, 0) is 38.1 Å². The van der Waals surface area contributed by atoms with Gasteiger partial charge in [0.2, 0.25) is 6.79 Å². The molecule has 106 valence electrons. The molecule has 4 heteroatoms. The van der Waals surface area contributed by atoms with Crippen LogP contribution >= 0.6 is 0 Å². The molecular weight excluding hydrogens is 242 g/mol. The largest absolute Gasteiger partial charge is 0.493 e. The number of ether oxygens (including phenoxy) is 3. The van der Waals surface area contributed by atoms with Gasteiger partial charge in [0.1, 0.15) is 5.75 Å². The van der Waals surface area contributed by atoms with E-state index in [2.05, 4.69) is 12.2 Å². The van der Waals surface area contributed by atoms with Gasteiger partial charge in [-0.15, -0.1) is 0 Å². The number of unbranched alkanes of at least 4 members (excludes halogenated alkanes) is 3. The number of hydrogen-bond acceptors (Lipinski definition) is 4. The summed E-state index contributed by atoms with van der Waals surface area (Å²) in [4.78, 5) is 0. The second kappa shape index (κ2) is 7.89. The maximum absolute atomic E-state index is 5.71. The lowest BCUT2D eigenvalue weighted by Crippen LogP contribution is -2.13. The van der Waals surface area contributed by atoms with Crippen molar-refractivity contribution < 1.29 is 14.2 Å². The van der Waals surface area contributed by atoms with E-state index in [0.29, 0.717) is 6.79 Å². The minimum atomic E-state index is 0.310. The van der Waals surface area contributed by atoms with Crippen molar-refractivity contribution in [1.29, 1.82) is 0 Å². The van der Waals surface area contributed by atoms with E-state index in [4.69, 9.17) is 14.2 Å². The van der Waals surface area contributed by atoms with Crippen LogP contribution in [0, 0.1) is 0 Å². The Kier molecular flexibility index (Phi) is 5.82. The summed E-state index contributed by atoms with van der Waals surface area (Å²) in [7, 11) is 0. The third-order valence-electron chi connectivity index (χ3n) is 3.11. The molecule has 1 aliphatic heterocycles. The van der Waals surface area contributed by atoms with Crippen LogP contribution in [0.3, 0.4) is 0 Å². The molecule has 0 atom stereocenters. The topological polar surface area (TPSA) is 39.7 Å². The van der Waals surface area contributed by atoms with E-state index < -0.39 is 0 Å². The van der Waals surface area contributed by atoms with E-state index in [9.17, 15) is 0 Å². The first-order valence-electron chi connectivity index (χ1n) is 7.13. The monoisotopic (exact) mass is 265 g/mol. The summed E-state index contributed by atoms with van der Waals surface area (Å²) in [5, 5.41) is 3.33. The molecule has 0 saturated heterocycles. The Morgan fingerprint density at radius 2 is 1.95 bits per heavy atom. The highest BCUT2D eigenvalue weighted by Gasteiger charge is 2.13. The molecule has 0 amide bonds. The van der Waals surface area contributed by atoms with Crippen molar-refractivity contribution in [2.75, 3.05) is 26.5 Å². The average molecular weight is 265 g/mol. The first kappa shape index (κ1) is 14.0. The second-order valence-corrected chi connectivity index (χ2v) is 4.63. The van der Waals surface area contributed by atoms with E-state index in [1.807, 2.05) is 18.2 Å². The molecule has 0 spiro atoms. The molecule has 2 rings (SSSR count). The molecule has 0 fully saturated rings. The van der Waals surface area contributed by atoms with E-state index >= 15 is 0 Å². The normalized spacial score (nSPS) is 12.7. The van der Waals surface area contributed by atoms with Crippen LogP contribution in [0.5, 0.6) is 17.2 Å². The summed E-state index contributed by atoms with van der Waals surface area (Å²) in [6.07, 6.45) is 4.83.